The summed E-state index contributed by atoms with van der Waals surface area (Å²) in [6, 6.07) is 13.2. The molecule has 1 N–H and O–H groups in total. The molecule has 1 heterocycles. The third-order valence-corrected chi connectivity index (χ3v) is 4.53. The molecular formula is C18H20ClN. The topological polar surface area (TPSA) is 12.0 Å². The lowest BCUT2D eigenvalue weighted by Crippen LogP contribution is -2.25. The average Bonchev–Trinajstić information content (AvgIpc) is 2.43. The summed E-state index contributed by atoms with van der Waals surface area (Å²) in [5.74, 6) is 0.643. The van der Waals surface area contributed by atoms with Crippen LogP contribution in [0.15, 0.2) is 36.4 Å². The van der Waals surface area contributed by atoms with E-state index in [2.05, 4.69) is 55.6 Å². The molecule has 0 amide bonds. The minimum atomic E-state index is 0.643. The van der Waals surface area contributed by atoms with Crippen LogP contribution in [-0.4, -0.2) is 6.54 Å². The molecule has 1 aliphatic heterocycles. The summed E-state index contributed by atoms with van der Waals surface area (Å²) >= 11 is 6.24. The fourth-order valence-corrected chi connectivity index (χ4v) is 3.08. The number of hydrogen-bond acceptors (Lipinski definition) is 1. The molecule has 2 aromatic carbocycles. The van der Waals surface area contributed by atoms with Crippen molar-refractivity contribution in [1.82, 2.24) is 0 Å². The van der Waals surface area contributed by atoms with Crippen LogP contribution in [0.5, 0.6) is 0 Å². The summed E-state index contributed by atoms with van der Waals surface area (Å²) < 4.78 is 0. The molecule has 1 unspecified atom stereocenters. The Kier molecular flexibility index (Phi) is 3.71. The number of halogens is 1. The van der Waals surface area contributed by atoms with Crippen LogP contribution >= 0.6 is 11.6 Å². The average molecular weight is 286 g/mol. The van der Waals surface area contributed by atoms with E-state index in [1.165, 1.54) is 22.4 Å². The van der Waals surface area contributed by atoms with Crippen LogP contribution < -0.4 is 5.32 Å². The second kappa shape index (κ2) is 5.49. The highest BCUT2D eigenvalue weighted by atomic mass is 35.5. The van der Waals surface area contributed by atoms with Gasteiger partial charge in [-0.3, -0.25) is 0 Å². The van der Waals surface area contributed by atoms with Crippen molar-refractivity contribution in [3.05, 3.63) is 63.7 Å². The number of hydrogen-bond donors (Lipinski definition) is 1. The number of anilines is 1. The van der Waals surface area contributed by atoms with Gasteiger partial charge in [0, 0.05) is 17.3 Å². The van der Waals surface area contributed by atoms with E-state index < -0.39 is 0 Å². The van der Waals surface area contributed by atoms with Crippen molar-refractivity contribution >= 4 is 17.3 Å². The minimum absolute atomic E-state index is 0.643. The van der Waals surface area contributed by atoms with E-state index in [0.29, 0.717) is 5.92 Å². The second-order valence-corrected chi connectivity index (χ2v) is 6.31. The number of nitrogens with one attached hydrogen (secondary N) is 1. The summed E-state index contributed by atoms with van der Waals surface area (Å²) in [7, 11) is 0. The lowest BCUT2D eigenvalue weighted by molar-refractivity contribution is 0.535. The Balaban J connectivity index is 1.75. The third-order valence-electron chi connectivity index (χ3n) is 4.12. The fourth-order valence-electron chi connectivity index (χ4n) is 2.90. The number of rotatable bonds is 2. The van der Waals surface area contributed by atoms with Gasteiger partial charge < -0.3 is 5.32 Å². The van der Waals surface area contributed by atoms with E-state index in [4.69, 9.17) is 11.6 Å². The van der Waals surface area contributed by atoms with Gasteiger partial charge in [-0.1, -0.05) is 41.4 Å². The molecule has 2 heteroatoms. The summed E-state index contributed by atoms with van der Waals surface area (Å²) in [6.07, 6.45) is 2.23. The van der Waals surface area contributed by atoms with Crippen molar-refractivity contribution in [2.24, 2.45) is 5.92 Å². The zero-order valence-electron chi connectivity index (χ0n) is 12.0. The van der Waals surface area contributed by atoms with E-state index in [-0.39, 0.29) is 0 Å². The van der Waals surface area contributed by atoms with Gasteiger partial charge >= 0.3 is 0 Å². The highest BCUT2D eigenvalue weighted by molar-refractivity contribution is 6.31. The highest BCUT2D eigenvalue weighted by Crippen LogP contribution is 2.31. The van der Waals surface area contributed by atoms with E-state index >= 15 is 0 Å². The maximum absolute atomic E-state index is 6.24. The Morgan fingerprint density at radius 2 is 1.90 bits per heavy atom. The molecule has 0 saturated carbocycles. The standard InChI is InChI=1S/C18H20ClN/c1-12-3-5-14(6-4-12)8-15-9-16-10-17(19)13(2)7-18(16)20-11-15/h3-7,10,15,20H,8-9,11H2,1-2H3. The van der Waals surface area contributed by atoms with Gasteiger partial charge in [-0.05, 0) is 61.4 Å². The van der Waals surface area contributed by atoms with Gasteiger partial charge in [0.15, 0.2) is 0 Å². The van der Waals surface area contributed by atoms with Crippen LogP contribution in [0.3, 0.4) is 0 Å². The lowest BCUT2D eigenvalue weighted by Gasteiger charge is -2.27. The molecule has 0 fully saturated rings. The van der Waals surface area contributed by atoms with E-state index in [0.717, 1.165) is 30.0 Å². The van der Waals surface area contributed by atoms with Crippen molar-refractivity contribution in [2.75, 3.05) is 11.9 Å². The Morgan fingerprint density at radius 1 is 1.15 bits per heavy atom. The number of benzene rings is 2. The van der Waals surface area contributed by atoms with Gasteiger partial charge in [0.05, 0.1) is 0 Å². The van der Waals surface area contributed by atoms with Gasteiger partial charge in [-0.2, -0.15) is 0 Å². The van der Waals surface area contributed by atoms with Gasteiger partial charge in [0.1, 0.15) is 0 Å². The zero-order valence-corrected chi connectivity index (χ0v) is 12.8. The molecule has 104 valence electrons. The molecule has 0 bridgehead atoms. The summed E-state index contributed by atoms with van der Waals surface area (Å²) in [6.45, 7) is 5.23. The van der Waals surface area contributed by atoms with Crippen molar-refractivity contribution in [3.63, 3.8) is 0 Å². The van der Waals surface area contributed by atoms with Crippen LogP contribution in [0.4, 0.5) is 5.69 Å². The molecule has 0 aliphatic carbocycles. The lowest BCUT2D eigenvalue weighted by atomic mass is 9.88. The maximum Gasteiger partial charge on any atom is 0.0439 e. The zero-order chi connectivity index (χ0) is 14.1. The van der Waals surface area contributed by atoms with Crippen LogP contribution in [0, 0.1) is 19.8 Å². The maximum atomic E-state index is 6.24. The summed E-state index contributed by atoms with van der Waals surface area (Å²) in [4.78, 5) is 0. The van der Waals surface area contributed by atoms with Gasteiger partial charge in [-0.25, -0.2) is 0 Å². The number of fused-ring (bicyclic) bond motifs is 1. The largest absolute Gasteiger partial charge is 0.385 e. The minimum Gasteiger partial charge on any atom is -0.385 e. The Labute approximate surface area is 126 Å². The van der Waals surface area contributed by atoms with Gasteiger partial charge in [0.25, 0.3) is 0 Å². The predicted octanol–water partition coefficient (Wildman–Crippen LogP) is 4.78. The van der Waals surface area contributed by atoms with Crippen LogP contribution in [0.2, 0.25) is 5.02 Å². The molecule has 0 radical (unpaired) electrons. The molecule has 0 saturated heterocycles. The monoisotopic (exact) mass is 285 g/mol. The Morgan fingerprint density at radius 3 is 2.65 bits per heavy atom. The van der Waals surface area contributed by atoms with Crippen LogP contribution in [0.1, 0.15) is 22.3 Å². The molecule has 0 aromatic heterocycles. The first-order valence-corrected chi connectivity index (χ1v) is 7.58. The van der Waals surface area contributed by atoms with Gasteiger partial charge in [-0.15, -0.1) is 0 Å². The van der Waals surface area contributed by atoms with E-state index in [9.17, 15) is 0 Å². The molecule has 0 spiro atoms. The summed E-state index contributed by atoms with van der Waals surface area (Å²) in [5.41, 5.74) is 6.50. The second-order valence-electron chi connectivity index (χ2n) is 5.90. The van der Waals surface area contributed by atoms with E-state index in [1.807, 2.05) is 0 Å². The first-order valence-electron chi connectivity index (χ1n) is 7.20. The van der Waals surface area contributed by atoms with Crippen molar-refractivity contribution in [3.8, 4) is 0 Å². The molecule has 20 heavy (non-hydrogen) atoms. The first-order chi connectivity index (χ1) is 9.61. The van der Waals surface area contributed by atoms with Gasteiger partial charge in [0.2, 0.25) is 0 Å². The first kappa shape index (κ1) is 13.5. The van der Waals surface area contributed by atoms with Crippen molar-refractivity contribution in [1.29, 1.82) is 0 Å². The predicted molar refractivity (Wildman–Crippen MR) is 86.8 cm³/mol. The fraction of sp³-hybridized carbons (Fsp3) is 0.333. The molecule has 2 aromatic rings. The van der Waals surface area contributed by atoms with Crippen molar-refractivity contribution in [2.45, 2.75) is 26.7 Å². The highest BCUT2D eigenvalue weighted by Gasteiger charge is 2.19. The molecule has 1 atom stereocenters. The Hall–Kier alpha value is -1.47. The smallest absolute Gasteiger partial charge is 0.0439 e. The quantitative estimate of drug-likeness (QED) is 0.837. The van der Waals surface area contributed by atoms with E-state index in [1.54, 1.807) is 0 Å². The normalized spacial score (nSPS) is 17.4. The summed E-state index contributed by atoms with van der Waals surface area (Å²) in [5, 5.41) is 4.43. The Bertz CT molecular complexity index is 616. The number of aryl methyl sites for hydroxylation is 2. The van der Waals surface area contributed by atoms with Crippen LogP contribution in [-0.2, 0) is 12.8 Å². The molecule has 1 nitrogen and oxygen atoms in total. The SMILES string of the molecule is Cc1ccc(CC2CNc3cc(C)c(Cl)cc3C2)cc1. The molecular weight excluding hydrogens is 266 g/mol. The van der Waals surface area contributed by atoms with Crippen LogP contribution in [0.25, 0.3) is 0 Å². The molecule has 1 aliphatic rings. The van der Waals surface area contributed by atoms with Crippen molar-refractivity contribution < 1.29 is 0 Å². The molecule has 3 rings (SSSR count). The third kappa shape index (κ3) is 2.83.